The molecular formula is C24H25N3O4S2. The number of carbonyl (C=O) groups excluding carboxylic acids is 2. The van der Waals surface area contributed by atoms with Gasteiger partial charge in [-0.15, -0.1) is 0 Å². The third kappa shape index (κ3) is 3.37. The van der Waals surface area contributed by atoms with Crippen molar-refractivity contribution in [1.82, 2.24) is 9.96 Å². The molecule has 0 N–H and O–H groups in total. The highest BCUT2D eigenvalue weighted by Gasteiger charge is 2.63. The summed E-state index contributed by atoms with van der Waals surface area (Å²) in [6.45, 7) is 4.19. The topological polar surface area (TPSA) is 62.3 Å². The predicted molar refractivity (Wildman–Crippen MR) is 131 cm³/mol. The van der Waals surface area contributed by atoms with Gasteiger partial charge in [0.1, 0.15) is 15.4 Å². The molecular weight excluding hydrogens is 458 g/mol. The van der Waals surface area contributed by atoms with E-state index in [0.29, 0.717) is 11.4 Å². The zero-order valence-corrected chi connectivity index (χ0v) is 20.4. The summed E-state index contributed by atoms with van der Waals surface area (Å²) >= 11 is 7.09. The summed E-state index contributed by atoms with van der Waals surface area (Å²) in [5, 5.41) is 1.66. The van der Waals surface area contributed by atoms with E-state index in [1.54, 1.807) is 31.4 Å². The van der Waals surface area contributed by atoms with Crippen LogP contribution in [0.15, 0.2) is 54.6 Å². The fraction of sp³-hybridized carbons (Fsp3) is 0.375. The number of thioether (sulfide) groups is 1. The van der Waals surface area contributed by atoms with Gasteiger partial charge < -0.3 is 9.64 Å². The maximum Gasteiger partial charge on any atom is 0.265 e. The van der Waals surface area contributed by atoms with Gasteiger partial charge in [0.15, 0.2) is 6.10 Å². The molecule has 4 atom stereocenters. The number of nitrogens with zero attached hydrogens (tertiary/aromatic N) is 3. The summed E-state index contributed by atoms with van der Waals surface area (Å²) in [5.41, 5.74) is 1.09. The summed E-state index contributed by atoms with van der Waals surface area (Å²) < 4.78 is 5.97. The van der Waals surface area contributed by atoms with Gasteiger partial charge in [-0.1, -0.05) is 54.3 Å². The van der Waals surface area contributed by atoms with E-state index in [1.807, 2.05) is 47.3 Å². The first-order chi connectivity index (χ1) is 15.8. The molecule has 33 heavy (non-hydrogen) atoms. The number of ether oxygens (including phenoxy) is 1. The molecule has 2 amide bonds. The average molecular weight is 484 g/mol. The van der Waals surface area contributed by atoms with Gasteiger partial charge in [-0.2, -0.15) is 5.06 Å². The number of hydroxylamine groups is 2. The van der Waals surface area contributed by atoms with Crippen molar-refractivity contribution in [3.8, 4) is 5.75 Å². The van der Waals surface area contributed by atoms with Crippen molar-refractivity contribution in [2.45, 2.75) is 36.9 Å². The van der Waals surface area contributed by atoms with Gasteiger partial charge in [0.25, 0.3) is 5.91 Å². The molecule has 0 radical (unpaired) electrons. The standard InChI is InChI=1S/C24H25N3O4S2/c1-24(2)22(33-23(32)25(24)3)27-18(14-8-6-5-7-9-14)17-19(31-27)21(29)26(20(17)28)15-10-12-16(30-4)13-11-15/h5-13,17-19,22H,1-4H3/t17-,18+,19-,22+/m0/s1. The zero-order valence-electron chi connectivity index (χ0n) is 18.8. The Hall–Kier alpha value is -2.46. The number of hydrogen-bond donors (Lipinski definition) is 0. The maximum absolute atomic E-state index is 13.7. The minimum absolute atomic E-state index is 0.180. The Labute approximate surface area is 202 Å². The van der Waals surface area contributed by atoms with Gasteiger partial charge in [-0.05, 0) is 43.7 Å². The van der Waals surface area contributed by atoms with Crippen molar-refractivity contribution < 1.29 is 19.2 Å². The summed E-state index contributed by atoms with van der Waals surface area (Å²) in [6, 6.07) is 16.3. The second-order valence-corrected chi connectivity index (χ2v) is 10.6. The number of anilines is 1. The molecule has 3 aliphatic heterocycles. The molecule has 2 aromatic rings. The molecule has 172 valence electrons. The van der Waals surface area contributed by atoms with Crippen LogP contribution >= 0.6 is 24.0 Å². The monoisotopic (exact) mass is 483 g/mol. The molecule has 5 rings (SSSR count). The molecule has 0 unspecified atom stereocenters. The molecule has 9 heteroatoms. The number of rotatable bonds is 4. The Morgan fingerprint density at radius 2 is 1.70 bits per heavy atom. The molecule has 0 saturated carbocycles. The first-order valence-electron chi connectivity index (χ1n) is 10.7. The van der Waals surface area contributed by atoms with E-state index < -0.39 is 18.1 Å². The lowest BCUT2D eigenvalue weighted by molar-refractivity contribution is -0.188. The van der Waals surface area contributed by atoms with Gasteiger partial charge in [-0.3, -0.25) is 14.4 Å². The molecule has 3 heterocycles. The molecule has 2 aromatic carbocycles. The van der Waals surface area contributed by atoms with Crippen molar-refractivity contribution >= 4 is 45.8 Å². The molecule has 3 fully saturated rings. The number of likely N-dealkylation sites (N-methyl/N-ethyl adjacent to an activating group) is 1. The lowest BCUT2D eigenvalue weighted by atomic mass is 9.90. The van der Waals surface area contributed by atoms with Crippen LogP contribution in [0, 0.1) is 5.92 Å². The molecule has 0 aromatic heterocycles. The Kier molecular flexibility index (Phi) is 5.48. The van der Waals surface area contributed by atoms with E-state index in [4.69, 9.17) is 21.8 Å². The highest BCUT2D eigenvalue weighted by molar-refractivity contribution is 8.23. The molecule has 3 aliphatic rings. The Morgan fingerprint density at radius 1 is 1.03 bits per heavy atom. The number of hydrogen-bond acceptors (Lipinski definition) is 7. The number of thiocarbonyl (C=S) groups is 1. The third-order valence-corrected chi connectivity index (χ3v) is 8.85. The summed E-state index contributed by atoms with van der Waals surface area (Å²) in [7, 11) is 3.54. The van der Waals surface area contributed by atoms with Crippen molar-refractivity contribution in [1.29, 1.82) is 0 Å². The summed E-state index contributed by atoms with van der Waals surface area (Å²) in [6.07, 6.45) is -0.888. The number of amides is 2. The van der Waals surface area contributed by atoms with Gasteiger partial charge in [0.2, 0.25) is 5.91 Å². The predicted octanol–water partition coefficient (Wildman–Crippen LogP) is 3.61. The second-order valence-electron chi connectivity index (χ2n) is 8.93. The minimum Gasteiger partial charge on any atom is -0.497 e. The van der Waals surface area contributed by atoms with Crippen LogP contribution in [-0.2, 0) is 14.4 Å². The third-order valence-electron chi connectivity index (χ3n) is 6.80. The highest BCUT2D eigenvalue weighted by Crippen LogP contribution is 2.52. The van der Waals surface area contributed by atoms with Crippen LogP contribution in [0.5, 0.6) is 5.75 Å². The van der Waals surface area contributed by atoms with Crippen molar-refractivity contribution in [3.63, 3.8) is 0 Å². The number of imide groups is 1. The van der Waals surface area contributed by atoms with E-state index in [2.05, 4.69) is 13.8 Å². The number of fused-ring (bicyclic) bond motifs is 1. The van der Waals surface area contributed by atoms with Crippen LogP contribution in [0.1, 0.15) is 25.5 Å². The smallest absolute Gasteiger partial charge is 0.265 e. The first kappa shape index (κ1) is 22.3. The number of methoxy groups -OCH3 is 1. The summed E-state index contributed by atoms with van der Waals surface area (Å²) in [4.78, 5) is 36.8. The van der Waals surface area contributed by atoms with Crippen LogP contribution in [0.25, 0.3) is 0 Å². The normalized spacial score (nSPS) is 29.2. The Morgan fingerprint density at radius 3 is 2.27 bits per heavy atom. The lowest BCUT2D eigenvalue weighted by Crippen LogP contribution is -2.51. The van der Waals surface area contributed by atoms with Gasteiger partial charge in [0.05, 0.1) is 30.3 Å². The summed E-state index contributed by atoms with van der Waals surface area (Å²) in [5.74, 6) is -0.611. The van der Waals surface area contributed by atoms with E-state index in [-0.39, 0.29) is 22.7 Å². The van der Waals surface area contributed by atoms with E-state index in [0.717, 1.165) is 9.88 Å². The maximum atomic E-state index is 13.7. The zero-order chi connectivity index (χ0) is 23.5. The second kappa shape index (κ2) is 8.09. The van der Waals surface area contributed by atoms with Gasteiger partial charge in [0, 0.05) is 7.05 Å². The molecule has 3 saturated heterocycles. The molecule has 7 nitrogen and oxygen atoms in total. The van der Waals surface area contributed by atoms with Crippen LogP contribution in [0.2, 0.25) is 0 Å². The van der Waals surface area contributed by atoms with Crippen LogP contribution in [-0.4, -0.2) is 57.3 Å². The molecule has 0 spiro atoms. The van der Waals surface area contributed by atoms with Crippen LogP contribution in [0.4, 0.5) is 5.69 Å². The first-order valence-corrected chi connectivity index (χ1v) is 12.0. The lowest BCUT2D eigenvalue weighted by Gasteiger charge is -2.39. The Bertz CT molecular complexity index is 1110. The van der Waals surface area contributed by atoms with Crippen LogP contribution in [0.3, 0.4) is 0 Å². The minimum atomic E-state index is -0.888. The molecule has 0 bridgehead atoms. The van der Waals surface area contributed by atoms with E-state index in [1.165, 1.54) is 16.7 Å². The van der Waals surface area contributed by atoms with E-state index in [9.17, 15) is 9.59 Å². The quantitative estimate of drug-likeness (QED) is 0.483. The van der Waals surface area contributed by atoms with Crippen molar-refractivity contribution in [3.05, 3.63) is 60.2 Å². The number of carbonyl (C=O) groups is 2. The Balaban J connectivity index is 1.54. The average Bonchev–Trinajstić information content (AvgIpc) is 3.39. The highest BCUT2D eigenvalue weighted by atomic mass is 32.2. The van der Waals surface area contributed by atoms with Crippen molar-refractivity contribution in [2.75, 3.05) is 19.1 Å². The van der Waals surface area contributed by atoms with Crippen molar-refractivity contribution in [2.24, 2.45) is 5.92 Å². The van der Waals surface area contributed by atoms with Gasteiger partial charge >= 0.3 is 0 Å². The van der Waals surface area contributed by atoms with Crippen LogP contribution < -0.4 is 9.64 Å². The fourth-order valence-corrected chi connectivity index (χ4v) is 6.53. The largest absolute Gasteiger partial charge is 0.497 e. The van der Waals surface area contributed by atoms with E-state index >= 15 is 0 Å². The van der Waals surface area contributed by atoms with Gasteiger partial charge in [-0.25, -0.2) is 4.90 Å². The SMILES string of the molecule is COc1ccc(N2C(=O)[C@@H]3[C@H](ON([C@@H]4SC(=S)N(C)C4(C)C)[C@@H]3c3ccccc3)C2=O)cc1. The fourth-order valence-electron chi connectivity index (χ4n) is 4.71. The number of benzene rings is 2. The molecule has 0 aliphatic carbocycles.